The number of hydrogen-bond donors (Lipinski definition) is 2. The molecule has 0 bridgehead atoms. The van der Waals surface area contributed by atoms with Crippen molar-refractivity contribution < 1.29 is 9.59 Å². The van der Waals surface area contributed by atoms with Crippen molar-refractivity contribution >= 4 is 29.2 Å². The fraction of sp³-hybridized carbons (Fsp3) is 0.316. The second-order valence-corrected chi connectivity index (χ2v) is 6.68. The highest BCUT2D eigenvalue weighted by Gasteiger charge is 2.25. The van der Waals surface area contributed by atoms with Crippen LogP contribution in [0.2, 0.25) is 5.15 Å². The molecule has 1 aromatic heterocycles. The minimum Gasteiger partial charge on any atom is -0.338 e. The lowest BCUT2D eigenvalue weighted by Crippen LogP contribution is -2.47. The van der Waals surface area contributed by atoms with E-state index >= 15 is 0 Å². The SMILES string of the molecule is Cc1ccccc1C(=O)N1CCC(NC(=O)Nc2cccnc2Cl)CC1. The Morgan fingerprint density at radius 2 is 1.88 bits per heavy atom. The molecule has 3 rings (SSSR count). The Morgan fingerprint density at radius 3 is 2.58 bits per heavy atom. The predicted molar refractivity (Wildman–Crippen MR) is 102 cm³/mol. The molecular formula is C19H21ClN4O2. The molecule has 2 N–H and O–H groups in total. The summed E-state index contributed by atoms with van der Waals surface area (Å²) in [6, 6.07) is 10.7. The average Bonchev–Trinajstić information content (AvgIpc) is 2.64. The number of benzene rings is 1. The number of carbonyl (C=O) groups is 2. The molecule has 1 aromatic carbocycles. The van der Waals surface area contributed by atoms with E-state index in [1.54, 1.807) is 18.3 Å². The third kappa shape index (κ3) is 4.32. The minimum atomic E-state index is -0.316. The number of urea groups is 1. The number of piperidine rings is 1. The van der Waals surface area contributed by atoms with Crippen molar-refractivity contribution in [2.24, 2.45) is 0 Å². The molecule has 0 spiro atoms. The molecule has 2 heterocycles. The molecule has 0 atom stereocenters. The number of pyridine rings is 1. The Hall–Kier alpha value is -2.60. The zero-order chi connectivity index (χ0) is 18.5. The Kier molecular flexibility index (Phi) is 5.73. The molecule has 3 amide bonds. The van der Waals surface area contributed by atoms with Crippen LogP contribution in [0.3, 0.4) is 0 Å². The monoisotopic (exact) mass is 372 g/mol. The van der Waals surface area contributed by atoms with Crippen LogP contribution in [0, 0.1) is 6.92 Å². The van der Waals surface area contributed by atoms with Gasteiger partial charge in [-0.2, -0.15) is 0 Å². The molecule has 1 aliphatic rings. The van der Waals surface area contributed by atoms with Crippen LogP contribution >= 0.6 is 11.6 Å². The zero-order valence-electron chi connectivity index (χ0n) is 14.5. The Bertz CT molecular complexity index is 804. The largest absolute Gasteiger partial charge is 0.338 e. The molecule has 1 fully saturated rings. The van der Waals surface area contributed by atoms with Gasteiger partial charge in [0.15, 0.2) is 5.15 Å². The molecule has 1 aliphatic heterocycles. The van der Waals surface area contributed by atoms with Crippen molar-refractivity contribution in [2.75, 3.05) is 18.4 Å². The highest BCUT2D eigenvalue weighted by Crippen LogP contribution is 2.19. The first-order valence-corrected chi connectivity index (χ1v) is 8.95. The summed E-state index contributed by atoms with van der Waals surface area (Å²) in [6.07, 6.45) is 2.99. The van der Waals surface area contributed by atoms with Crippen LogP contribution in [0.4, 0.5) is 10.5 Å². The molecule has 0 aliphatic carbocycles. The first-order chi connectivity index (χ1) is 12.5. The zero-order valence-corrected chi connectivity index (χ0v) is 15.3. The topological polar surface area (TPSA) is 74.3 Å². The Labute approximate surface area is 157 Å². The van der Waals surface area contributed by atoms with Crippen molar-refractivity contribution in [3.05, 3.63) is 58.9 Å². The molecule has 7 heteroatoms. The number of aryl methyl sites for hydroxylation is 1. The summed E-state index contributed by atoms with van der Waals surface area (Å²) in [6.45, 7) is 3.17. The summed E-state index contributed by atoms with van der Waals surface area (Å²) < 4.78 is 0. The highest BCUT2D eigenvalue weighted by molar-refractivity contribution is 6.32. The number of halogens is 1. The standard InChI is InChI=1S/C19H21ClN4O2/c1-13-5-2-3-6-15(13)18(25)24-11-8-14(9-12-24)22-19(26)23-16-7-4-10-21-17(16)20/h2-7,10,14H,8-9,11-12H2,1H3,(H2,22,23,26). The fourth-order valence-electron chi connectivity index (χ4n) is 3.03. The van der Waals surface area contributed by atoms with Crippen LogP contribution in [-0.2, 0) is 0 Å². The van der Waals surface area contributed by atoms with E-state index in [1.165, 1.54) is 0 Å². The third-order valence-electron chi connectivity index (χ3n) is 4.50. The fourth-order valence-corrected chi connectivity index (χ4v) is 3.20. The number of carbonyl (C=O) groups excluding carboxylic acids is 2. The van der Waals surface area contributed by atoms with Crippen LogP contribution in [0.1, 0.15) is 28.8 Å². The Balaban J connectivity index is 1.51. The summed E-state index contributed by atoms with van der Waals surface area (Å²) >= 11 is 5.94. The highest BCUT2D eigenvalue weighted by atomic mass is 35.5. The second kappa shape index (κ2) is 8.19. The maximum Gasteiger partial charge on any atom is 0.319 e. The van der Waals surface area contributed by atoms with Gasteiger partial charge in [0.05, 0.1) is 5.69 Å². The number of anilines is 1. The maximum atomic E-state index is 12.6. The van der Waals surface area contributed by atoms with Crippen molar-refractivity contribution in [3.8, 4) is 0 Å². The molecule has 26 heavy (non-hydrogen) atoms. The van der Waals surface area contributed by atoms with E-state index in [9.17, 15) is 9.59 Å². The molecule has 0 saturated carbocycles. The van der Waals surface area contributed by atoms with E-state index in [4.69, 9.17) is 11.6 Å². The quantitative estimate of drug-likeness (QED) is 0.810. The summed E-state index contributed by atoms with van der Waals surface area (Å²) in [5, 5.41) is 5.88. The molecule has 1 saturated heterocycles. The number of amides is 3. The number of aromatic nitrogens is 1. The number of nitrogens with zero attached hydrogens (tertiary/aromatic N) is 2. The average molecular weight is 373 g/mol. The number of hydrogen-bond acceptors (Lipinski definition) is 3. The Morgan fingerprint density at radius 1 is 1.15 bits per heavy atom. The lowest BCUT2D eigenvalue weighted by Gasteiger charge is -2.32. The summed E-state index contributed by atoms with van der Waals surface area (Å²) in [5.41, 5.74) is 2.19. The molecule has 0 radical (unpaired) electrons. The van der Waals surface area contributed by atoms with Crippen LogP contribution in [0.5, 0.6) is 0 Å². The van der Waals surface area contributed by atoms with Gasteiger partial charge < -0.3 is 15.5 Å². The van der Waals surface area contributed by atoms with Crippen LogP contribution in [-0.4, -0.2) is 41.0 Å². The maximum absolute atomic E-state index is 12.6. The summed E-state index contributed by atoms with van der Waals surface area (Å²) in [7, 11) is 0. The normalized spacial score (nSPS) is 14.8. The van der Waals surface area contributed by atoms with Crippen molar-refractivity contribution in [3.63, 3.8) is 0 Å². The molecule has 136 valence electrons. The van der Waals surface area contributed by atoms with Crippen LogP contribution in [0.25, 0.3) is 0 Å². The van der Waals surface area contributed by atoms with Crippen molar-refractivity contribution in [2.45, 2.75) is 25.8 Å². The van der Waals surface area contributed by atoms with E-state index in [2.05, 4.69) is 15.6 Å². The lowest BCUT2D eigenvalue weighted by molar-refractivity contribution is 0.0708. The lowest BCUT2D eigenvalue weighted by atomic mass is 10.0. The summed E-state index contributed by atoms with van der Waals surface area (Å²) in [4.78, 5) is 30.5. The number of nitrogens with one attached hydrogen (secondary N) is 2. The van der Waals surface area contributed by atoms with Crippen molar-refractivity contribution in [1.29, 1.82) is 0 Å². The van der Waals surface area contributed by atoms with Gasteiger partial charge in [0, 0.05) is 30.9 Å². The van der Waals surface area contributed by atoms with E-state index < -0.39 is 0 Å². The van der Waals surface area contributed by atoms with Gasteiger partial charge in [0.25, 0.3) is 5.91 Å². The minimum absolute atomic E-state index is 0.0198. The van der Waals surface area contributed by atoms with Crippen LogP contribution < -0.4 is 10.6 Å². The molecule has 2 aromatic rings. The number of likely N-dealkylation sites (tertiary alicyclic amines) is 1. The van der Waals surface area contributed by atoms with Gasteiger partial charge in [-0.3, -0.25) is 4.79 Å². The van der Waals surface area contributed by atoms with Gasteiger partial charge in [-0.05, 0) is 43.5 Å². The summed E-state index contributed by atoms with van der Waals surface area (Å²) in [5.74, 6) is 0.0492. The first-order valence-electron chi connectivity index (χ1n) is 8.57. The van der Waals surface area contributed by atoms with Gasteiger partial charge >= 0.3 is 6.03 Å². The van der Waals surface area contributed by atoms with Gasteiger partial charge in [0.1, 0.15) is 0 Å². The van der Waals surface area contributed by atoms with Gasteiger partial charge in [-0.1, -0.05) is 29.8 Å². The second-order valence-electron chi connectivity index (χ2n) is 6.32. The van der Waals surface area contributed by atoms with Gasteiger partial charge in [-0.25, -0.2) is 9.78 Å². The van der Waals surface area contributed by atoms with Gasteiger partial charge in [0.2, 0.25) is 0 Å². The molecular weight excluding hydrogens is 352 g/mol. The van der Waals surface area contributed by atoms with Gasteiger partial charge in [-0.15, -0.1) is 0 Å². The van der Waals surface area contributed by atoms with E-state index in [-0.39, 0.29) is 23.1 Å². The predicted octanol–water partition coefficient (Wildman–Crippen LogP) is 3.47. The van der Waals surface area contributed by atoms with Crippen LogP contribution in [0.15, 0.2) is 42.6 Å². The third-order valence-corrected chi connectivity index (χ3v) is 4.80. The first kappa shape index (κ1) is 18.2. The van der Waals surface area contributed by atoms with E-state index in [0.717, 1.165) is 11.1 Å². The number of rotatable bonds is 3. The molecule has 0 unspecified atom stereocenters. The van der Waals surface area contributed by atoms with Crippen molar-refractivity contribution in [1.82, 2.24) is 15.2 Å². The smallest absolute Gasteiger partial charge is 0.319 e. The van der Waals surface area contributed by atoms with E-state index in [0.29, 0.717) is 31.6 Å². The molecule has 6 nitrogen and oxygen atoms in total. The van der Waals surface area contributed by atoms with E-state index in [1.807, 2.05) is 36.1 Å².